The third-order valence-corrected chi connectivity index (χ3v) is 9.27. The molecule has 0 bridgehead atoms. The highest BCUT2D eigenvalue weighted by Gasteiger charge is 2.50. The lowest BCUT2D eigenvalue weighted by Crippen LogP contribution is -2.46. The minimum atomic E-state index is -0.725. The number of nitrogens with one attached hydrogen (secondary N) is 2. The van der Waals surface area contributed by atoms with Gasteiger partial charge in [-0.3, -0.25) is 9.59 Å². The van der Waals surface area contributed by atoms with E-state index >= 15 is 0 Å². The maximum absolute atomic E-state index is 13.3. The van der Waals surface area contributed by atoms with Gasteiger partial charge >= 0.3 is 0 Å². The van der Waals surface area contributed by atoms with Crippen molar-refractivity contribution in [1.29, 1.82) is 0 Å². The van der Waals surface area contributed by atoms with E-state index in [1.807, 2.05) is 30.3 Å². The molecule has 2 saturated carbocycles. The molecule has 2 N–H and O–H groups in total. The smallest absolute Gasteiger partial charge is 0.262 e. The average molecular weight is 500 g/mol. The lowest BCUT2D eigenvalue weighted by Gasteiger charge is -2.37. The Morgan fingerprint density at radius 3 is 2.35 bits per heavy atom. The molecule has 2 aromatic rings. The van der Waals surface area contributed by atoms with Crippen LogP contribution in [0.2, 0.25) is 4.34 Å². The molecule has 5 rings (SSSR count). The van der Waals surface area contributed by atoms with Gasteiger partial charge < -0.3 is 15.5 Å². The van der Waals surface area contributed by atoms with E-state index in [1.165, 1.54) is 69.5 Å². The molecule has 5 nitrogen and oxygen atoms in total. The van der Waals surface area contributed by atoms with Crippen molar-refractivity contribution >= 4 is 34.8 Å². The number of halogens is 1. The molecule has 1 atom stereocenters. The van der Waals surface area contributed by atoms with E-state index < -0.39 is 6.04 Å². The summed E-state index contributed by atoms with van der Waals surface area (Å²) in [4.78, 5) is 29.3. The van der Waals surface area contributed by atoms with Crippen LogP contribution in [0.4, 0.5) is 0 Å². The molecular formula is C27H34ClN3O2S. The van der Waals surface area contributed by atoms with Crippen LogP contribution in [0.3, 0.4) is 0 Å². The number of rotatable bonds is 8. The topological polar surface area (TPSA) is 61.4 Å². The Bertz CT molecular complexity index is 992. The van der Waals surface area contributed by atoms with Crippen LogP contribution in [0.1, 0.15) is 72.6 Å². The predicted octanol–water partition coefficient (Wildman–Crippen LogP) is 5.42. The number of benzene rings is 1. The molecule has 2 heterocycles. The average Bonchev–Trinajstić information content (AvgIpc) is 3.21. The number of carbonyl (C=O) groups is 2. The van der Waals surface area contributed by atoms with Crippen LogP contribution in [-0.2, 0) is 4.79 Å². The summed E-state index contributed by atoms with van der Waals surface area (Å²) in [6.07, 6.45) is 9.88. The summed E-state index contributed by atoms with van der Waals surface area (Å²) in [5.41, 5.74) is 1.33. The summed E-state index contributed by atoms with van der Waals surface area (Å²) in [7, 11) is 0. The second-order valence-electron chi connectivity index (χ2n) is 10.3. The zero-order valence-corrected chi connectivity index (χ0v) is 21.2. The highest BCUT2D eigenvalue weighted by atomic mass is 35.5. The fourth-order valence-corrected chi connectivity index (χ4v) is 6.91. The van der Waals surface area contributed by atoms with E-state index in [0.29, 0.717) is 14.6 Å². The molecule has 1 aromatic heterocycles. The van der Waals surface area contributed by atoms with Crippen molar-refractivity contribution in [3.63, 3.8) is 0 Å². The predicted molar refractivity (Wildman–Crippen MR) is 137 cm³/mol. The van der Waals surface area contributed by atoms with Crippen molar-refractivity contribution in [3.8, 4) is 0 Å². The van der Waals surface area contributed by atoms with Crippen LogP contribution < -0.4 is 10.6 Å². The second kappa shape index (κ2) is 10.4. The van der Waals surface area contributed by atoms with Crippen LogP contribution in [0.5, 0.6) is 0 Å². The molecule has 182 valence electrons. The van der Waals surface area contributed by atoms with Crippen LogP contribution in [0.25, 0.3) is 0 Å². The normalized spacial score (nSPS) is 25.0. The summed E-state index contributed by atoms with van der Waals surface area (Å²) in [6, 6.07) is 12.3. The molecule has 1 saturated heterocycles. The largest absolute Gasteiger partial charge is 0.351 e. The van der Waals surface area contributed by atoms with Gasteiger partial charge in [-0.1, -0.05) is 41.9 Å². The first-order valence-corrected chi connectivity index (χ1v) is 13.9. The number of hydrogen-bond acceptors (Lipinski definition) is 4. The zero-order valence-electron chi connectivity index (χ0n) is 19.6. The van der Waals surface area contributed by atoms with Crippen molar-refractivity contribution in [2.45, 2.75) is 63.5 Å². The number of carbonyl (C=O) groups excluding carboxylic acids is 2. The summed E-state index contributed by atoms with van der Waals surface area (Å²) in [6.45, 7) is 3.83. The third kappa shape index (κ3) is 5.50. The van der Waals surface area contributed by atoms with Gasteiger partial charge in [0.15, 0.2) is 0 Å². The first kappa shape index (κ1) is 23.8. The van der Waals surface area contributed by atoms with E-state index in [9.17, 15) is 9.59 Å². The van der Waals surface area contributed by atoms with Gasteiger partial charge in [0.2, 0.25) is 5.91 Å². The third-order valence-electron chi connectivity index (χ3n) is 8.04. The summed E-state index contributed by atoms with van der Waals surface area (Å²) < 4.78 is 0.556. The van der Waals surface area contributed by atoms with Crippen LogP contribution in [0.15, 0.2) is 42.5 Å². The Balaban J connectivity index is 1.19. The van der Waals surface area contributed by atoms with Gasteiger partial charge in [-0.2, -0.15) is 0 Å². The fraction of sp³-hybridized carbons (Fsp3) is 0.556. The summed E-state index contributed by atoms with van der Waals surface area (Å²) in [5.74, 6) is 0.375. The lowest BCUT2D eigenvalue weighted by molar-refractivity contribution is -0.124. The molecule has 0 spiro atoms. The van der Waals surface area contributed by atoms with Crippen molar-refractivity contribution in [1.82, 2.24) is 15.5 Å². The molecular weight excluding hydrogens is 466 g/mol. The highest BCUT2D eigenvalue weighted by molar-refractivity contribution is 7.18. The molecule has 3 fully saturated rings. The number of hydrogen-bond donors (Lipinski definition) is 2. The highest BCUT2D eigenvalue weighted by Crippen LogP contribution is 2.57. The molecule has 1 aliphatic heterocycles. The minimum Gasteiger partial charge on any atom is -0.351 e. The Kier molecular flexibility index (Phi) is 7.28. The van der Waals surface area contributed by atoms with Crippen molar-refractivity contribution in [3.05, 3.63) is 57.2 Å². The monoisotopic (exact) mass is 499 g/mol. The van der Waals surface area contributed by atoms with Crippen LogP contribution >= 0.6 is 22.9 Å². The summed E-state index contributed by atoms with van der Waals surface area (Å²) >= 11 is 7.22. The molecule has 0 radical (unpaired) electrons. The first-order chi connectivity index (χ1) is 16.5. The quantitative estimate of drug-likeness (QED) is 0.509. The van der Waals surface area contributed by atoms with Crippen LogP contribution in [0, 0.1) is 11.3 Å². The van der Waals surface area contributed by atoms with Gasteiger partial charge in [0, 0.05) is 12.6 Å². The molecule has 2 aliphatic carbocycles. The number of likely N-dealkylation sites (tertiary alicyclic amines) is 1. The van der Waals surface area contributed by atoms with E-state index in [2.05, 4.69) is 15.5 Å². The summed E-state index contributed by atoms with van der Waals surface area (Å²) in [5, 5.41) is 6.19. The molecule has 7 heteroatoms. The minimum absolute atomic E-state index is 0.135. The number of amides is 2. The van der Waals surface area contributed by atoms with E-state index in [4.69, 9.17) is 11.6 Å². The van der Waals surface area contributed by atoms with Crippen LogP contribution in [-0.4, -0.2) is 42.4 Å². The molecule has 1 aromatic carbocycles. The molecule has 34 heavy (non-hydrogen) atoms. The molecule has 1 unspecified atom stereocenters. The van der Waals surface area contributed by atoms with Gasteiger partial charge in [0.05, 0.1) is 9.21 Å². The number of thiophene rings is 1. The Morgan fingerprint density at radius 2 is 1.74 bits per heavy atom. The first-order valence-electron chi connectivity index (χ1n) is 12.7. The fourth-order valence-electron chi connectivity index (χ4n) is 5.96. The van der Waals surface area contributed by atoms with E-state index in [0.717, 1.165) is 24.3 Å². The van der Waals surface area contributed by atoms with Gasteiger partial charge in [-0.25, -0.2) is 0 Å². The Morgan fingerprint density at radius 1 is 1.03 bits per heavy atom. The van der Waals surface area contributed by atoms with Gasteiger partial charge in [0.1, 0.15) is 6.04 Å². The second-order valence-corrected chi connectivity index (χ2v) is 12.0. The van der Waals surface area contributed by atoms with Crippen molar-refractivity contribution < 1.29 is 9.59 Å². The zero-order chi connectivity index (χ0) is 23.5. The van der Waals surface area contributed by atoms with Crippen molar-refractivity contribution in [2.24, 2.45) is 11.3 Å². The Hall–Kier alpha value is -1.89. The maximum atomic E-state index is 13.3. The molecule has 2 amide bonds. The van der Waals surface area contributed by atoms with Gasteiger partial charge in [0.25, 0.3) is 5.91 Å². The standard InChI is InChI=1S/C27H34ClN3O2S/c28-23-13-12-22(34-23)25(32)30-24(19-6-2-1-3-7-19)26(33)29-21-10-8-20(9-11-21)27(14-15-27)18-31-16-4-5-17-31/h1-3,6-7,12-13,20-21,24H,4-5,8-11,14-18H2,(H,29,33)(H,30,32). The maximum Gasteiger partial charge on any atom is 0.262 e. The van der Waals surface area contributed by atoms with E-state index in [-0.39, 0.29) is 17.9 Å². The van der Waals surface area contributed by atoms with Gasteiger partial charge in [-0.15, -0.1) is 11.3 Å². The van der Waals surface area contributed by atoms with Crippen molar-refractivity contribution in [2.75, 3.05) is 19.6 Å². The number of nitrogens with zero attached hydrogens (tertiary/aromatic N) is 1. The SMILES string of the molecule is O=C(NC(C(=O)NC1CCC(C2(CN3CCCC3)CC2)CC1)c1ccccc1)c1ccc(Cl)s1. The molecule has 3 aliphatic rings. The lowest BCUT2D eigenvalue weighted by atomic mass is 9.75. The Labute approximate surface area is 211 Å². The van der Waals surface area contributed by atoms with E-state index in [1.54, 1.807) is 12.1 Å². The van der Waals surface area contributed by atoms with Gasteiger partial charge in [-0.05, 0) is 93.5 Å².